The lowest BCUT2D eigenvalue weighted by Crippen LogP contribution is -2.42. The average Bonchev–Trinajstić information content (AvgIpc) is 3.27. The van der Waals surface area contributed by atoms with Crippen LogP contribution in [0.5, 0.6) is 0 Å². The second kappa shape index (κ2) is 9.36. The lowest BCUT2D eigenvalue weighted by Gasteiger charge is -2.28. The van der Waals surface area contributed by atoms with Crippen molar-refractivity contribution in [1.29, 1.82) is 0 Å². The van der Waals surface area contributed by atoms with Crippen LogP contribution in [0.3, 0.4) is 0 Å². The monoisotopic (exact) mass is 462 g/mol. The van der Waals surface area contributed by atoms with Crippen molar-refractivity contribution in [1.82, 2.24) is 20.0 Å². The average molecular weight is 463 g/mol. The number of benzene rings is 1. The largest absolute Gasteiger partial charge is 0.469 e. The molecule has 2 atom stereocenters. The molecule has 1 aliphatic heterocycles. The van der Waals surface area contributed by atoms with Crippen LogP contribution in [-0.2, 0) is 14.3 Å². The zero-order valence-corrected chi connectivity index (χ0v) is 19.8. The molecule has 2 aromatic rings. The molecule has 10 heteroatoms. The number of ether oxygens (including phenoxy) is 2. The number of carbonyl (C=O) groups is 3. The molecule has 33 heavy (non-hydrogen) atoms. The van der Waals surface area contributed by atoms with Gasteiger partial charge in [0.05, 0.1) is 19.0 Å². The maximum absolute atomic E-state index is 13.9. The van der Waals surface area contributed by atoms with Crippen molar-refractivity contribution in [2.75, 3.05) is 13.7 Å². The predicted molar refractivity (Wildman–Crippen MR) is 119 cm³/mol. The summed E-state index contributed by atoms with van der Waals surface area (Å²) < 4.78 is 25.8. The number of nitrogens with zero attached hydrogens (tertiary/aromatic N) is 3. The summed E-state index contributed by atoms with van der Waals surface area (Å²) in [4.78, 5) is 39.2. The zero-order valence-electron chi connectivity index (χ0n) is 19.8. The number of esters is 1. The summed E-state index contributed by atoms with van der Waals surface area (Å²) in [5, 5.41) is 7.71. The standard InChI is InChI=1S/C23H31FN4O5/c1-13(2)28-18-8-7-14(24)9-17(18)20(26-28)21(30)25-15-10-16(11-19(29)32-6)27(12-15)22(31)33-23(3,4)5/h7-9,13,15-16H,10-12H2,1-6H3,(H,25,30)/t15-,16-/m0/s1. The Balaban J connectivity index is 1.82. The van der Waals surface area contributed by atoms with E-state index in [1.165, 1.54) is 24.1 Å². The molecule has 9 nitrogen and oxygen atoms in total. The zero-order chi connectivity index (χ0) is 24.5. The lowest BCUT2D eigenvalue weighted by molar-refractivity contribution is -0.141. The maximum atomic E-state index is 13.9. The first-order valence-electron chi connectivity index (χ1n) is 10.9. The summed E-state index contributed by atoms with van der Waals surface area (Å²) in [5.41, 5.74) is 0.0568. The van der Waals surface area contributed by atoms with E-state index in [1.807, 2.05) is 13.8 Å². The molecule has 0 saturated carbocycles. The van der Waals surface area contributed by atoms with E-state index in [1.54, 1.807) is 31.5 Å². The molecule has 1 saturated heterocycles. The van der Waals surface area contributed by atoms with Gasteiger partial charge < -0.3 is 19.7 Å². The Kier molecular flexibility index (Phi) is 6.94. The van der Waals surface area contributed by atoms with Crippen LogP contribution in [-0.4, -0.2) is 64.0 Å². The number of aromatic nitrogens is 2. The van der Waals surface area contributed by atoms with Gasteiger partial charge in [0.25, 0.3) is 5.91 Å². The molecule has 1 fully saturated rings. The highest BCUT2D eigenvalue weighted by Gasteiger charge is 2.39. The molecule has 3 rings (SSSR count). The van der Waals surface area contributed by atoms with Gasteiger partial charge in [0.2, 0.25) is 0 Å². The molecule has 0 radical (unpaired) electrons. The van der Waals surface area contributed by atoms with Crippen molar-refractivity contribution < 1.29 is 28.2 Å². The van der Waals surface area contributed by atoms with E-state index >= 15 is 0 Å². The van der Waals surface area contributed by atoms with Gasteiger partial charge in [-0.15, -0.1) is 0 Å². The number of nitrogens with one attached hydrogen (secondary N) is 1. The van der Waals surface area contributed by atoms with Crippen LogP contribution in [0.25, 0.3) is 10.9 Å². The molecule has 1 aromatic carbocycles. The summed E-state index contributed by atoms with van der Waals surface area (Å²) in [6.45, 7) is 9.27. The molecule has 2 heterocycles. The van der Waals surface area contributed by atoms with Crippen LogP contribution in [0.15, 0.2) is 18.2 Å². The third-order valence-corrected chi connectivity index (χ3v) is 5.38. The van der Waals surface area contributed by atoms with Crippen molar-refractivity contribution in [3.63, 3.8) is 0 Å². The van der Waals surface area contributed by atoms with Crippen molar-refractivity contribution in [2.45, 2.75) is 71.2 Å². The summed E-state index contributed by atoms with van der Waals surface area (Å²) in [6.07, 6.45) is -0.236. The van der Waals surface area contributed by atoms with Crippen LogP contribution in [0.2, 0.25) is 0 Å². The fourth-order valence-electron chi connectivity index (χ4n) is 3.96. The Morgan fingerprint density at radius 1 is 1.27 bits per heavy atom. The van der Waals surface area contributed by atoms with Crippen LogP contribution in [0, 0.1) is 5.82 Å². The second-order valence-electron chi connectivity index (χ2n) is 9.52. The smallest absolute Gasteiger partial charge is 0.410 e. The highest BCUT2D eigenvalue weighted by Crippen LogP contribution is 2.26. The number of carbonyl (C=O) groups excluding carboxylic acids is 3. The molecule has 1 N–H and O–H groups in total. The number of fused-ring (bicyclic) bond motifs is 1. The molecular weight excluding hydrogens is 431 g/mol. The van der Waals surface area contributed by atoms with Gasteiger partial charge in [0.1, 0.15) is 11.4 Å². The number of likely N-dealkylation sites (tertiary alicyclic amines) is 1. The lowest BCUT2D eigenvalue weighted by atomic mass is 10.1. The van der Waals surface area contributed by atoms with E-state index in [2.05, 4.69) is 10.4 Å². The van der Waals surface area contributed by atoms with Crippen molar-refractivity contribution in [2.24, 2.45) is 0 Å². The Morgan fingerprint density at radius 2 is 1.97 bits per heavy atom. The van der Waals surface area contributed by atoms with E-state index < -0.39 is 41.5 Å². The van der Waals surface area contributed by atoms with Crippen LogP contribution >= 0.6 is 0 Å². The number of hydrogen-bond donors (Lipinski definition) is 1. The molecule has 0 spiro atoms. The molecule has 2 amide bonds. The van der Waals surface area contributed by atoms with E-state index in [0.717, 1.165) is 0 Å². The fraction of sp³-hybridized carbons (Fsp3) is 0.565. The van der Waals surface area contributed by atoms with Gasteiger partial charge in [-0.05, 0) is 59.2 Å². The van der Waals surface area contributed by atoms with E-state index in [0.29, 0.717) is 17.3 Å². The van der Waals surface area contributed by atoms with Gasteiger partial charge >= 0.3 is 12.1 Å². The van der Waals surface area contributed by atoms with Crippen LogP contribution < -0.4 is 5.32 Å². The van der Waals surface area contributed by atoms with Crippen molar-refractivity contribution >= 4 is 28.9 Å². The number of halogens is 1. The van der Waals surface area contributed by atoms with Crippen molar-refractivity contribution in [3.05, 3.63) is 29.7 Å². The molecule has 180 valence electrons. The molecule has 1 aliphatic rings. The number of hydrogen-bond acceptors (Lipinski definition) is 6. The minimum absolute atomic E-state index is 0.0156. The number of rotatable bonds is 5. The van der Waals surface area contributed by atoms with Gasteiger partial charge in [-0.3, -0.25) is 14.3 Å². The summed E-state index contributed by atoms with van der Waals surface area (Å²) in [7, 11) is 1.28. The quantitative estimate of drug-likeness (QED) is 0.683. The first kappa shape index (κ1) is 24.5. The summed E-state index contributed by atoms with van der Waals surface area (Å²) in [5.74, 6) is -1.40. The Morgan fingerprint density at radius 3 is 2.58 bits per heavy atom. The van der Waals surface area contributed by atoms with Gasteiger partial charge in [-0.25, -0.2) is 9.18 Å². The van der Waals surface area contributed by atoms with Crippen LogP contribution in [0.1, 0.15) is 64.0 Å². The van der Waals surface area contributed by atoms with Gasteiger partial charge in [0.15, 0.2) is 5.69 Å². The summed E-state index contributed by atoms with van der Waals surface area (Å²) >= 11 is 0. The molecule has 1 aromatic heterocycles. The normalized spacial score (nSPS) is 18.6. The third kappa shape index (κ3) is 5.61. The highest BCUT2D eigenvalue weighted by atomic mass is 19.1. The van der Waals surface area contributed by atoms with Gasteiger partial charge in [-0.1, -0.05) is 0 Å². The Bertz CT molecular complexity index is 1060. The predicted octanol–water partition coefficient (Wildman–Crippen LogP) is 3.43. The Hall–Kier alpha value is -3.17. The second-order valence-corrected chi connectivity index (χ2v) is 9.52. The number of amides is 2. The van der Waals surface area contributed by atoms with E-state index in [4.69, 9.17) is 9.47 Å². The third-order valence-electron chi connectivity index (χ3n) is 5.38. The van der Waals surface area contributed by atoms with Gasteiger partial charge in [-0.2, -0.15) is 5.10 Å². The highest BCUT2D eigenvalue weighted by molar-refractivity contribution is 6.05. The maximum Gasteiger partial charge on any atom is 0.410 e. The molecule has 0 aliphatic carbocycles. The molecule has 0 bridgehead atoms. The minimum Gasteiger partial charge on any atom is -0.469 e. The SMILES string of the molecule is COC(=O)C[C@@H]1C[C@H](NC(=O)c2nn(C(C)C)c3ccc(F)cc23)CN1C(=O)OC(C)(C)C. The van der Waals surface area contributed by atoms with Crippen LogP contribution in [0.4, 0.5) is 9.18 Å². The van der Waals surface area contributed by atoms with E-state index in [9.17, 15) is 18.8 Å². The first-order chi connectivity index (χ1) is 15.4. The van der Waals surface area contributed by atoms with Gasteiger partial charge in [0, 0.05) is 30.1 Å². The van der Waals surface area contributed by atoms with Crippen molar-refractivity contribution in [3.8, 4) is 0 Å². The van der Waals surface area contributed by atoms with E-state index in [-0.39, 0.29) is 24.7 Å². The summed E-state index contributed by atoms with van der Waals surface area (Å²) in [6, 6.07) is 3.27. The Labute approximate surface area is 192 Å². The topological polar surface area (TPSA) is 103 Å². The molecular formula is C23H31FN4O5. The number of methoxy groups -OCH3 is 1. The fourth-order valence-corrected chi connectivity index (χ4v) is 3.96. The first-order valence-corrected chi connectivity index (χ1v) is 10.9. The molecule has 0 unspecified atom stereocenters. The minimum atomic E-state index is -0.707.